The number of carbonyl (C=O) groups is 1. The number of nitrogens with one attached hydrogen (secondary N) is 2. The van der Waals surface area contributed by atoms with Crippen molar-refractivity contribution in [2.24, 2.45) is 11.8 Å². The predicted octanol–water partition coefficient (Wildman–Crippen LogP) is 1.96. The van der Waals surface area contributed by atoms with Gasteiger partial charge in [0.2, 0.25) is 0 Å². The second kappa shape index (κ2) is 9.36. The lowest BCUT2D eigenvalue weighted by Crippen LogP contribution is -2.48. The minimum Gasteiger partial charge on any atom is -0.396 e. The molecule has 0 aromatic carbocycles. The summed E-state index contributed by atoms with van der Waals surface area (Å²) in [5, 5.41) is 15.4. The Hall–Kier alpha value is -0.810. The van der Waals surface area contributed by atoms with Crippen LogP contribution in [0.4, 0.5) is 4.79 Å². The van der Waals surface area contributed by atoms with Crippen LogP contribution in [0.25, 0.3) is 0 Å². The standard InChI is InChI=1S/C17H33N3O2/c1-14-7-11-20(12-8-14)10-4-9-18-17(22)19-16-6-3-2-5-15(16)13-21/h14-16,21H,2-13H2,1H3,(H2,18,19,22). The van der Waals surface area contributed by atoms with Crippen LogP contribution in [-0.2, 0) is 0 Å². The first-order valence-electron chi connectivity index (χ1n) is 9.06. The molecule has 5 nitrogen and oxygen atoms in total. The Morgan fingerprint density at radius 3 is 2.64 bits per heavy atom. The number of hydrogen-bond donors (Lipinski definition) is 3. The first-order chi connectivity index (χ1) is 10.7. The molecule has 2 fully saturated rings. The summed E-state index contributed by atoms with van der Waals surface area (Å²) >= 11 is 0. The molecule has 0 bridgehead atoms. The van der Waals surface area contributed by atoms with Gasteiger partial charge in [-0.05, 0) is 57.7 Å². The lowest BCUT2D eigenvalue weighted by molar-refractivity contribution is 0.153. The summed E-state index contributed by atoms with van der Waals surface area (Å²) in [7, 11) is 0. The SMILES string of the molecule is CC1CCN(CCCNC(=O)NC2CCCCC2CO)CC1. The summed E-state index contributed by atoms with van der Waals surface area (Å²) < 4.78 is 0. The van der Waals surface area contributed by atoms with Crippen molar-refractivity contribution in [2.75, 3.05) is 32.8 Å². The summed E-state index contributed by atoms with van der Waals surface area (Å²) in [6, 6.07) is 0.0694. The molecular weight excluding hydrogens is 278 g/mol. The van der Waals surface area contributed by atoms with E-state index in [1.165, 1.54) is 32.4 Å². The maximum atomic E-state index is 11.9. The smallest absolute Gasteiger partial charge is 0.315 e. The Kier molecular flexibility index (Phi) is 7.46. The van der Waals surface area contributed by atoms with Gasteiger partial charge in [0.25, 0.3) is 0 Å². The maximum absolute atomic E-state index is 11.9. The highest BCUT2D eigenvalue weighted by Crippen LogP contribution is 2.23. The number of carbonyl (C=O) groups excluding carboxylic acids is 1. The normalized spacial score (nSPS) is 27.5. The third-order valence-corrected chi connectivity index (χ3v) is 5.27. The van der Waals surface area contributed by atoms with E-state index in [0.29, 0.717) is 0 Å². The average Bonchev–Trinajstić information content (AvgIpc) is 2.54. The van der Waals surface area contributed by atoms with Crippen LogP contribution in [-0.4, -0.2) is 54.9 Å². The van der Waals surface area contributed by atoms with Crippen molar-refractivity contribution in [3.63, 3.8) is 0 Å². The van der Waals surface area contributed by atoms with E-state index in [1.54, 1.807) is 0 Å². The molecule has 2 rings (SSSR count). The number of hydrogen-bond acceptors (Lipinski definition) is 3. The fraction of sp³-hybridized carbons (Fsp3) is 0.941. The lowest BCUT2D eigenvalue weighted by Gasteiger charge is -2.31. The van der Waals surface area contributed by atoms with E-state index in [4.69, 9.17) is 0 Å². The highest BCUT2D eigenvalue weighted by molar-refractivity contribution is 5.74. The molecule has 5 heteroatoms. The molecular formula is C17H33N3O2. The van der Waals surface area contributed by atoms with Crippen LogP contribution in [0.5, 0.6) is 0 Å². The van der Waals surface area contributed by atoms with Crippen molar-refractivity contribution < 1.29 is 9.90 Å². The summed E-state index contributed by atoms with van der Waals surface area (Å²) in [4.78, 5) is 14.5. The summed E-state index contributed by atoms with van der Waals surface area (Å²) in [5.74, 6) is 1.10. The first kappa shape index (κ1) is 17.5. The van der Waals surface area contributed by atoms with E-state index in [2.05, 4.69) is 22.5 Å². The van der Waals surface area contributed by atoms with Crippen molar-refractivity contribution in [1.29, 1.82) is 0 Å². The Morgan fingerprint density at radius 1 is 1.18 bits per heavy atom. The molecule has 0 radical (unpaired) electrons. The topological polar surface area (TPSA) is 64.6 Å². The summed E-state index contributed by atoms with van der Waals surface area (Å²) in [6.45, 7) is 6.72. The van der Waals surface area contributed by atoms with Gasteiger partial charge in [-0.1, -0.05) is 19.8 Å². The molecule has 3 N–H and O–H groups in total. The highest BCUT2D eigenvalue weighted by atomic mass is 16.3. The third kappa shape index (κ3) is 5.76. The maximum Gasteiger partial charge on any atom is 0.315 e. The zero-order chi connectivity index (χ0) is 15.8. The number of amides is 2. The van der Waals surface area contributed by atoms with Crippen molar-refractivity contribution >= 4 is 6.03 Å². The number of aliphatic hydroxyl groups is 1. The molecule has 2 unspecified atom stereocenters. The van der Waals surface area contributed by atoms with Crippen LogP contribution in [0.15, 0.2) is 0 Å². The molecule has 1 aliphatic heterocycles. The fourth-order valence-corrected chi connectivity index (χ4v) is 3.63. The molecule has 22 heavy (non-hydrogen) atoms. The van der Waals surface area contributed by atoms with Gasteiger partial charge < -0.3 is 20.6 Å². The number of urea groups is 1. The highest BCUT2D eigenvalue weighted by Gasteiger charge is 2.25. The van der Waals surface area contributed by atoms with Crippen molar-refractivity contribution in [3.8, 4) is 0 Å². The van der Waals surface area contributed by atoms with Gasteiger partial charge >= 0.3 is 6.03 Å². The Labute approximate surface area is 134 Å². The Morgan fingerprint density at radius 2 is 1.91 bits per heavy atom. The lowest BCUT2D eigenvalue weighted by atomic mass is 9.85. The van der Waals surface area contributed by atoms with Gasteiger partial charge in [-0.3, -0.25) is 0 Å². The van der Waals surface area contributed by atoms with E-state index < -0.39 is 0 Å². The quantitative estimate of drug-likeness (QED) is 0.657. The largest absolute Gasteiger partial charge is 0.396 e. The zero-order valence-electron chi connectivity index (χ0n) is 14.0. The van der Waals surface area contributed by atoms with Crippen LogP contribution in [0.1, 0.15) is 51.9 Å². The molecule has 0 aromatic heterocycles. The Balaban J connectivity index is 1.55. The van der Waals surface area contributed by atoms with Gasteiger partial charge in [0.05, 0.1) is 0 Å². The van der Waals surface area contributed by atoms with Gasteiger partial charge in [-0.25, -0.2) is 4.79 Å². The molecule has 0 spiro atoms. The van der Waals surface area contributed by atoms with Gasteiger partial charge in [0, 0.05) is 25.1 Å². The number of nitrogens with zero attached hydrogens (tertiary/aromatic N) is 1. The summed E-state index contributed by atoms with van der Waals surface area (Å²) in [5.41, 5.74) is 0. The van der Waals surface area contributed by atoms with E-state index in [-0.39, 0.29) is 24.6 Å². The first-order valence-corrected chi connectivity index (χ1v) is 9.06. The van der Waals surface area contributed by atoms with Crippen LogP contribution in [0, 0.1) is 11.8 Å². The minimum atomic E-state index is -0.0717. The van der Waals surface area contributed by atoms with E-state index in [0.717, 1.165) is 44.7 Å². The van der Waals surface area contributed by atoms with E-state index in [9.17, 15) is 9.90 Å². The summed E-state index contributed by atoms with van der Waals surface area (Å²) in [6.07, 6.45) is 7.94. The van der Waals surface area contributed by atoms with Gasteiger partial charge in [-0.2, -0.15) is 0 Å². The van der Waals surface area contributed by atoms with Crippen molar-refractivity contribution in [2.45, 2.75) is 57.9 Å². The van der Waals surface area contributed by atoms with Crippen LogP contribution < -0.4 is 10.6 Å². The molecule has 1 saturated heterocycles. The fourth-order valence-electron chi connectivity index (χ4n) is 3.63. The molecule has 2 atom stereocenters. The average molecular weight is 311 g/mol. The number of likely N-dealkylation sites (tertiary alicyclic amines) is 1. The molecule has 1 aliphatic carbocycles. The number of piperidine rings is 1. The zero-order valence-corrected chi connectivity index (χ0v) is 14.0. The number of rotatable bonds is 6. The number of aliphatic hydroxyl groups excluding tert-OH is 1. The molecule has 128 valence electrons. The van der Waals surface area contributed by atoms with Gasteiger partial charge in [0.1, 0.15) is 0 Å². The predicted molar refractivity (Wildman–Crippen MR) is 88.8 cm³/mol. The molecule has 1 saturated carbocycles. The molecule has 2 amide bonds. The van der Waals surface area contributed by atoms with Crippen LogP contribution >= 0.6 is 0 Å². The van der Waals surface area contributed by atoms with Gasteiger partial charge in [-0.15, -0.1) is 0 Å². The second-order valence-electron chi connectivity index (χ2n) is 7.11. The van der Waals surface area contributed by atoms with Gasteiger partial charge in [0.15, 0.2) is 0 Å². The molecule has 0 aromatic rings. The monoisotopic (exact) mass is 311 g/mol. The van der Waals surface area contributed by atoms with E-state index in [1.807, 2.05) is 0 Å². The van der Waals surface area contributed by atoms with Crippen LogP contribution in [0.3, 0.4) is 0 Å². The minimum absolute atomic E-state index is 0.0717. The molecule has 1 heterocycles. The molecule has 2 aliphatic rings. The third-order valence-electron chi connectivity index (χ3n) is 5.27. The second-order valence-corrected chi connectivity index (χ2v) is 7.11. The Bertz CT molecular complexity index is 330. The van der Waals surface area contributed by atoms with Crippen LogP contribution in [0.2, 0.25) is 0 Å². The van der Waals surface area contributed by atoms with E-state index >= 15 is 0 Å². The van der Waals surface area contributed by atoms with Crippen molar-refractivity contribution in [3.05, 3.63) is 0 Å². The van der Waals surface area contributed by atoms with Crippen molar-refractivity contribution in [1.82, 2.24) is 15.5 Å².